The molecule has 2 heterocycles. The van der Waals surface area contributed by atoms with Gasteiger partial charge in [-0.05, 0) is 31.4 Å². The van der Waals surface area contributed by atoms with Gasteiger partial charge in [-0.15, -0.1) is 10.2 Å². The average molecular weight is 423 g/mol. The summed E-state index contributed by atoms with van der Waals surface area (Å²) in [4.78, 5) is 13.1. The van der Waals surface area contributed by atoms with Crippen LogP contribution in [0.25, 0.3) is 0 Å². The molecule has 3 aromatic rings. The molecule has 4 rings (SSSR count). The summed E-state index contributed by atoms with van der Waals surface area (Å²) < 4.78 is 1.68. The molecule has 1 fully saturated rings. The Hall–Kier alpha value is -3.20. The van der Waals surface area contributed by atoms with Gasteiger partial charge in [0.2, 0.25) is 5.16 Å². The zero-order valence-electron chi connectivity index (χ0n) is 16.6. The molecule has 8 nitrogen and oxygen atoms in total. The van der Waals surface area contributed by atoms with Gasteiger partial charge in [0.1, 0.15) is 0 Å². The third kappa shape index (κ3) is 4.51. The molecule has 1 aromatic heterocycles. The van der Waals surface area contributed by atoms with E-state index in [1.165, 1.54) is 5.56 Å². The highest BCUT2D eigenvalue weighted by Crippen LogP contribution is 2.28. The summed E-state index contributed by atoms with van der Waals surface area (Å²) in [6, 6.07) is 15.1. The zero-order chi connectivity index (χ0) is 20.9. The number of aryl methyl sites for hydroxylation is 1. The Kier molecular flexibility index (Phi) is 6.08. The van der Waals surface area contributed by atoms with Gasteiger partial charge in [-0.25, -0.2) is 0 Å². The molecule has 9 heteroatoms. The van der Waals surface area contributed by atoms with Crippen molar-refractivity contribution in [2.75, 3.05) is 18.0 Å². The normalized spacial score (nSPS) is 14.0. The van der Waals surface area contributed by atoms with E-state index in [9.17, 15) is 10.1 Å². The maximum Gasteiger partial charge on any atom is 0.270 e. The largest absolute Gasteiger partial charge is 0.371 e. The van der Waals surface area contributed by atoms with Crippen molar-refractivity contribution in [3.8, 4) is 0 Å². The molecular formula is C21H22N6O2S. The minimum Gasteiger partial charge on any atom is -0.371 e. The summed E-state index contributed by atoms with van der Waals surface area (Å²) in [6.45, 7) is 3.73. The molecule has 0 amide bonds. The number of thioether (sulfide) groups is 1. The van der Waals surface area contributed by atoms with Gasteiger partial charge in [-0.3, -0.25) is 10.1 Å². The van der Waals surface area contributed by atoms with E-state index in [0.717, 1.165) is 42.9 Å². The van der Waals surface area contributed by atoms with Crippen LogP contribution < -0.4 is 4.90 Å². The topological polar surface area (TPSA) is 89.4 Å². The molecule has 154 valence electrons. The van der Waals surface area contributed by atoms with Crippen molar-refractivity contribution in [1.82, 2.24) is 14.9 Å². The molecule has 1 saturated heterocycles. The van der Waals surface area contributed by atoms with Crippen LogP contribution >= 0.6 is 11.8 Å². The first-order chi connectivity index (χ1) is 14.6. The van der Waals surface area contributed by atoms with Gasteiger partial charge in [0.15, 0.2) is 5.82 Å². The second-order valence-electron chi connectivity index (χ2n) is 7.05. The second-order valence-corrected chi connectivity index (χ2v) is 8.00. The quantitative estimate of drug-likeness (QED) is 0.244. The number of nitro groups is 1. The number of hydrogen-bond donors (Lipinski definition) is 0. The maximum atomic E-state index is 11.3. The number of aromatic nitrogens is 3. The van der Waals surface area contributed by atoms with Crippen molar-refractivity contribution in [2.24, 2.45) is 5.10 Å². The van der Waals surface area contributed by atoms with E-state index in [0.29, 0.717) is 11.0 Å². The molecule has 30 heavy (non-hydrogen) atoms. The maximum absolute atomic E-state index is 11.3. The molecular weight excluding hydrogens is 400 g/mol. The third-order valence-corrected chi connectivity index (χ3v) is 5.95. The van der Waals surface area contributed by atoms with Gasteiger partial charge in [0, 0.05) is 42.2 Å². The zero-order valence-corrected chi connectivity index (χ0v) is 17.5. The van der Waals surface area contributed by atoms with Crippen molar-refractivity contribution in [2.45, 2.75) is 30.7 Å². The number of hydrogen-bond acceptors (Lipinski definition) is 7. The van der Waals surface area contributed by atoms with Crippen LogP contribution in [0.15, 0.2) is 58.8 Å². The number of nitro benzene ring substituents is 1. The first kappa shape index (κ1) is 20.1. The highest BCUT2D eigenvalue weighted by molar-refractivity contribution is 7.98. The molecule has 0 unspecified atom stereocenters. The number of nitrogens with zero attached hydrogens (tertiary/aromatic N) is 6. The monoisotopic (exact) mass is 422 g/mol. The van der Waals surface area contributed by atoms with E-state index in [4.69, 9.17) is 0 Å². The standard InChI is InChI=1S/C21H22N6O2S/c1-16-23-24-21(30-15-17-7-3-2-4-8-17)26(16)22-14-18-13-19(27(28)29)9-10-20(18)25-11-5-6-12-25/h2-4,7-10,13-14H,5-6,11-12,15H2,1H3. The SMILES string of the molecule is Cc1nnc(SCc2ccccc2)n1N=Cc1cc([N+](=O)[O-])ccc1N1CCCC1. The molecule has 0 aliphatic carbocycles. The lowest BCUT2D eigenvalue weighted by Crippen LogP contribution is -2.19. The van der Waals surface area contributed by atoms with Gasteiger partial charge in [-0.1, -0.05) is 42.1 Å². The third-order valence-electron chi connectivity index (χ3n) is 4.96. The van der Waals surface area contributed by atoms with Crippen LogP contribution in [0.3, 0.4) is 0 Å². The summed E-state index contributed by atoms with van der Waals surface area (Å²) in [6.07, 6.45) is 3.92. The molecule has 0 atom stereocenters. The summed E-state index contributed by atoms with van der Waals surface area (Å²) in [5.74, 6) is 1.42. The molecule has 0 spiro atoms. The fourth-order valence-electron chi connectivity index (χ4n) is 3.41. The van der Waals surface area contributed by atoms with Gasteiger partial charge in [-0.2, -0.15) is 9.78 Å². The lowest BCUT2D eigenvalue weighted by Gasteiger charge is -2.19. The number of rotatable bonds is 7. The van der Waals surface area contributed by atoms with Crippen molar-refractivity contribution < 1.29 is 4.92 Å². The first-order valence-corrected chi connectivity index (χ1v) is 10.8. The minimum absolute atomic E-state index is 0.0542. The van der Waals surface area contributed by atoms with E-state index < -0.39 is 0 Å². The lowest BCUT2D eigenvalue weighted by molar-refractivity contribution is -0.384. The molecule has 0 N–H and O–H groups in total. The molecule has 0 radical (unpaired) electrons. The summed E-state index contributed by atoms with van der Waals surface area (Å²) in [7, 11) is 0. The summed E-state index contributed by atoms with van der Waals surface area (Å²) in [5.41, 5.74) is 2.93. The van der Waals surface area contributed by atoms with Crippen LogP contribution in [-0.2, 0) is 5.75 Å². The van der Waals surface area contributed by atoms with Crippen LogP contribution in [0.4, 0.5) is 11.4 Å². The van der Waals surface area contributed by atoms with Gasteiger partial charge >= 0.3 is 0 Å². The Balaban J connectivity index is 1.61. The molecule has 1 aliphatic rings. The van der Waals surface area contributed by atoms with Gasteiger partial charge in [0.25, 0.3) is 5.69 Å². The molecule has 2 aromatic carbocycles. The minimum atomic E-state index is -0.379. The average Bonchev–Trinajstić information content (AvgIpc) is 3.41. The van der Waals surface area contributed by atoms with E-state index >= 15 is 0 Å². The summed E-state index contributed by atoms with van der Waals surface area (Å²) >= 11 is 1.55. The van der Waals surface area contributed by atoms with Crippen molar-refractivity contribution in [1.29, 1.82) is 0 Å². The van der Waals surface area contributed by atoms with Crippen molar-refractivity contribution in [3.05, 3.63) is 75.6 Å². The fraction of sp³-hybridized carbons (Fsp3) is 0.286. The molecule has 0 bridgehead atoms. The molecule has 0 saturated carbocycles. The predicted octanol–water partition coefficient (Wildman–Crippen LogP) is 4.27. The van der Waals surface area contributed by atoms with Gasteiger partial charge in [0.05, 0.1) is 11.1 Å². The smallest absolute Gasteiger partial charge is 0.270 e. The highest BCUT2D eigenvalue weighted by atomic mass is 32.2. The van der Waals surface area contributed by atoms with Crippen LogP contribution in [0.1, 0.15) is 29.8 Å². The van der Waals surface area contributed by atoms with Crippen LogP contribution in [0.2, 0.25) is 0 Å². The van der Waals surface area contributed by atoms with Gasteiger partial charge < -0.3 is 4.90 Å². The predicted molar refractivity (Wildman–Crippen MR) is 118 cm³/mol. The number of benzene rings is 2. The summed E-state index contributed by atoms with van der Waals surface area (Å²) in [5, 5.41) is 24.9. The fourth-order valence-corrected chi connectivity index (χ4v) is 4.30. The number of non-ortho nitro benzene ring substituents is 1. The molecule has 1 aliphatic heterocycles. The van der Waals surface area contributed by atoms with Crippen LogP contribution in [-0.4, -0.2) is 39.1 Å². The Labute approximate surface area is 178 Å². The van der Waals surface area contributed by atoms with Crippen molar-refractivity contribution in [3.63, 3.8) is 0 Å². The van der Waals surface area contributed by atoms with E-state index in [2.05, 4.69) is 32.3 Å². The van der Waals surface area contributed by atoms with Crippen molar-refractivity contribution >= 4 is 29.4 Å². The van der Waals surface area contributed by atoms with E-state index in [1.807, 2.05) is 31.2 Å². The van der Waals surface area contributed by atoms with E-state index in [1.54, 1.807) is 34.8 Å². The highest BCUT2D eigenvalue weighted by Gasteiger charge is 2.18. The Bertz CT molecular complexity index is 1060. The first-order valence-electron chi connectivity index (χ1n) is 9.78. The number of anilines is 1. The lowest BCUT2D eigenvalue weighted by atomic mass is 10.1. The second kappa shape index (κ2) is 9.08. The Morgan fingerprint density at radius 3 is 2.67 bits per heavy atom. The Morgan fingerprint density at radius 1 is 1.17 bits per heavy atom. The van der Waals surface area contributed by atoms with Crippen LogP contribution in [0.5, 0.6) is 0 Å². The van der Waals surface area contributed by atoms with Crippen LogP contribution in [0, 0.1) is 17.0 Å². The van der Waals surface area contributed by atoms with E-state index in [-0.39, 0.29) is 10.6 Å². The Morgan fingerprint density at radius 2 is 1.93 bits per heavy atom.